The summed E-state index contributed by atoms with van der Waals surface area (Å²) in [5, 5.41) is 28.4. The normalized spacial score (nSPS) is 25.7. The second kappa shape index (κ2) is 7.29. The number of halogens is 1. The lowest BCUT2D eigenvalue weighted by Crippen LogP contribution is -2.38. The van der Waals surface area contributed by atoms with Gasteiger partial charge in [0, 0.05) is 32.1 Å². The van der Waals surface area contributed by atoms with Crippen LogP contribution >= 0.6 is 0 Å². The van der Waals surface area contributed by atoms with E-state index in [9.17, 15) is 14.8 Å². The fourth-order valence-electron chi connectivity index (χ4n) is 5.80. The molecule has 5 heterocycles. The van der Waals surface area contributed by atoms with Crippen LogP contribution in [0.3, 0.4) is 0 Å². The maximum absolute atomic E-state index is 14.6. The van der Waals surface area contributed by atoms with Crippen molar-refractivity contribution in [3.8, 4) is 6.07 Å². The average molecular weight is 436 g/mol. The van der Waals surface area contributed by atoms with E-state index in [0.29, 0.717) is 30.3 Å². The largest absolute Gasteiger partial charge is 0.392 e. The minimum Gasteiger partial charge on any atom is -0.392 e. The number of hydrogen-bond donors (Lipinski definition) is 1. The third-order valence-corrected chi connectivity index (χ3v) is 7.36. The molecule has 0 radical (unpaired) electrons. The molecule has 9 heteroatoms. The van der Waals surface area contributed by atoms with Gasteiger partial charge in [-0.2, -0.15) is 15.5 Å². The van der Waals surface area contributed by atoms with Crippen LogP contribution in [0.25, 0.3) is 5.52 Å². The van der Waals surface area contributed by atoms with Crippen LogP contribution < -0.4 is 4.90 Å². The first kappa shape index (κ1) is 19.7. The van der Waals surface area contributed by atoms with Crippen LogP contribution in [-0.2, 0) is 19.4 Å². The lowest BCUT2D eigenvalue weighted by atomic mass is 9.90. The van der Waals surface area contributed by atoms with Crippen LogP contribution in [0.5, 0.6) is 0 Å². The molecule has 0 amide bonds. The summed E-state index contributed by atoms with van der Waals surface area (Å²) in [6.45, 7) is 5.25. The maximum atomic E-state index is 14.6. The first-order valence-electron chi connectivity index (χ1n) is 11.4. The van der Waals surface area contributed by atoms with E-state index in [0.717, 1.165) is 44.5 Å². The van der Waals surface area contributed by atoms with E-state index in [1.807, 2.05) is 6.07 Å². The lowest BCUT2D eigenvalue weighted by molar-refractivity contribution is 0.152. The van der Waals surface area contributed by atoms with Gasteiger partial charge in [0.2, 0.25) is 0 Å². The number of anilines is 1. The van der Waals surface area contributed by atoms with Gasteiger partial charge >= 0.3 is 0 Å². The number of hydrogen-bond acceptors (Lipinski definition) is 6. The topological polar surface area (TPSA) is 85.6 Å². The molecule has 8 nitrogen and oxygen atoms in total. The Labute approximate surface area is 185 Å². The molecule has 2 aliphatic heterocycles. The Morgan fingerprint density at radius 1 is 1.25 bits per heavy atom. The number of β-amino-alcohol motifs (C(OH)–C–C–N with tert-alkyl or cyclic N) is 1. The van der Waals surface area contributed by atoms with Crippen molar-refractivity contribution in [1.29, 1.82) is 5.26 Å². The van der Waals surface area contributed by atoms with Crippen molar-refractivity contribution in [3.63, 3.8) is 0 Å². The van der Waals surface area contributed by atoms with Crippen molar-refractivity contribution in [2.45, 2.75) is 57.3 Å². The van der Waals surface area contributed by atoms with Gasteiger partial charge in [0.15, 0.2) is 5.82 Å². The Balaban J connectivity index is 1.33. The highest BCUT2D eigenvalue weighted by molar-refractivity contribution is 5.75. The van der Waals surface area contributed by atoms with Crippen molar-refractivity contribution in [2.75, 3.05) is 24.5 Å². The van der Waals surface area contributed by atoms with Crippen LogP contribution in [0.2, 0.25) is 0 Å². The number of nitrogens with zero attached hydrogens (tertiary/aromatic N) is 7. The van der Waals surface area contributed by atoms with Gasteiger partial charge in [-0.1, -0.05) is 0 Å². The van der Waals surface area contributed by atoms with E-state index < -0.39 is 5.82 Å². The molecule has 32 heavy (non-hydrogen) atoms. The molecule has 6 rings (SSSR count). The van der Waals surface area contributed by atoms with Gasteiger partial charge in [-0.05, 0) is 43.9 Å². The Hall–Kier alpha value is -2.96. The fraction of sp³-hybridized carbons (Fsp3) is 0.522. The number of rotatable bonds is 2. The lowest BCUT2D eigenvalue weighted by Gasteiger charge is -2.35. The summed E-state index contributed by atoms with van der Waals surface area (Å²) in [5.74, 6) is -0.415. The van der Waals surface area contributed by atoms with Crippen LogP contribution in [0.1, 0.15) is 48.5 Å². The van der Waals surface area contributed by atoms with Crippen molar-refractivity contribution in [1.82, 2.24) is 24.3 Å². The Morgan fingerprint density at radius 3 is 2.91 bits per heavy atom. The molecule has 1 aliphatic carbocycles. The predicted molar refractivity (Wildman–Crippen MR) is 116 cm³/mol. The molecule has 0 spiro atoms. The minimum absolute atomic E-state index is 0.151. The van der Waals surface area contributed by atoms with Crippen LogP contribution in [0.15, 0.2) is 18.3 Å². The zero-order valence-corrected chi connectivity index (χ0v) is 18.1. The van der Waals surface area contributed by atoms with E-state index in [1.165, 1.54) is 27.7 Å². The van der Waals surface area contributed by atoms with Gasteiger partial charge in [0.05, 0.1) is 42.0 Å². The number of fused-ring (bicyclic) bond motifs is 4. The van der Waals surface area contributed by atoms with Gasteiger partial charge < -0.3 is 10.0 Å². The molecule has 1 saturated heterocycles. The van der Waals surface area contributed by atoms with Crippen LogP contribution in [-0.4, -0.2) is 61.2 Å². The number of aliphatic hydroxyl groups excluding tert-OH is 1. The second-order valence-corrected chi connectivity index (χ2v) is 9.35. The summed E-state index contributed by atoms with van der Waals surface area (Å²) in [6.07, 6.45) is 4.81. The van der Waals surface area contributed by atoms with Crippen LogP contribution in [0.4, 0.5) is 10.1 Å². The monoisotopic (exact) mass is 435 g/mol. The van der Waals surface area contributed by atoms with Crippen molar-refractivity contribution < 1.29 is 9.50 Å². The highest BCUT2D eigenvalue weighted by Gasteiger charge is 2.35. The zero-order chi connectivity index (χ0) is 22.0. The quantitative estimate of drug-likeness (QED) is 0.663. The first-order valence-corrected chi connectivity index (χ1v) is 11.4. The first-order chi connectivity index (χ1) is 15.5. The summed E-state index contributed by atoms with van der Waals surface area (Å²) >= 11 is 0. The molecule has 1 N–H and O–H groups in total. The molecule has 0 saturated carbocycles. The van der Waals surface area contributed by atoms with Gasteiger partial charge in [-0.3, -0.25) is 9.58 Å². The SMILES string of the molecule is C[C@@H]1CN(c2ccc(C#N)n3ncc(F)c23)Cc2c3c(nn21)CC(N1CCC(O)C1)CC3. The smallest absolute Gasteiger partial charge is 0.171 e. The zero-order valence-electron chi connectivity index (χ0n) is 18.1. The summed E-state index contributed by atoms with van der Waals surface area (Å²) < 4.78 is 18.2. The van der Waals surface area contributed by atoms with E-state index in [-0.39, 0.29) is 12.1 Å². The number of nitriles is 1. The Kier molecular flexibility index (Phi) is 4.49. The van der Waals surface area contributed by atoms with Gasteiger partial charge in [-0.25, -0.2) is 8.91 Å². The molecule has 1 fully saturated rings. The molecule has 2 unspecified atom stereocenters. The Bertz CT molecular complexity index is 1240. The molecule has 3 atom stereocenters. The minimum atomic E-state index is -0.415. The number of aromatic nitrogens is 4. The van der Waals surface area contributed by atoms with Gasteiger partial charge in [0.1, 0.15) is 17.3 Å². The molecule has 3 aromatic rings. The molecule has 3 aliphatic rings. The molecular formula is C23H26FN7O. The third-order valence-electron chi connectivity index (χ3n) is 7.36. The fourth-order valence-corrected chi connectivity index (χ4v) is 5.80. The van der Waals surface area contributed by atoms with Crippen molar-refractivity contribution in [2.24, 2.45) is 0 Å². The third kappa shape index (κ3) is 2.93. The molecule has 166 valence electrons. The molecule has 0 bridgehead atoms. The number of aliphatic hydroxyl groups is 1. The molecular weight excluding hydrogens is 409 g/mol. The highest BCUT2D eigenvalue weighted by Crippen LogP contribution is 2.36. The van der Waals surface area contributed by atoms with Crippen molar-refractivity contribution in [3.05, 3.63) is 46.8 Å². The number of likely N-dealkylation sites (tertiary alicyclic amines) is 1. The van der Waals surface area contributed by atoms with Gasteiger partial charge in [-0.15, -0.1) is 0 Å². The summed E-state index contributed by atoms with van der Waals surface area (Å²) in [5.41, 5.74) is 5.14. The predicted octanol–water partition coefficient (Wildman–Crippen LogP) is 2.05. The Morgan fingerprint density at radius 2 is 2.12 bits per heavy atom. The summed E-state index contributed by atoms with van der Waals surface area (Å²) in [4.78, 5) is 4.60. The average Bonchev–Trinajstić information content (AvgIpc) is 3.50. The van der Waals surface area contributed by atoms with Gasteiger partial charge in [0.25, 0.3) is 0 Å². The van der Waals surface area contributed by atoms with E-state index in [1.54, 1.807) is 6.07 Å². The maximum Gasteiger partial charge on any atom is 0.171 e. The highest BCUT2D eigenvalue weighted by atomic mass is 19.1. The van der Waals surface area contributed by atoms with E-state index in [2.05, 4.69) is 32.6 Å². The van der Waals surface area contributed by atoms with E-state index >= 15 is 0 Å². The summed E-state index contributed by atoms with van der Waals surface area (Å²) in [6, 6.07) is 6.22. The second-order valence-electron chi connectivity index (χ2n) is 9.35. The molecule has 3 aromatic heterocycles. The standard InChI is InChI=1S/C23H26FN7O/c1-14-11-29(21-5-3-16(9-25)31-23(21)19(24)10-26-31)13-22-18-4-2-15(8-20(18)27-30(14)22)28-7-6-17(32)12-28/h3,5,10,14-15,17,32H,2,4,6-8,11-13H2,1H3/t14-,15?,17?/m1/s1. The van der Waals surface area contributed by atoms with Crippen molar-refractivity contribution >= 4 is 11.2 Å². The number of pyridine rings is 1. The van der Waals surface area contributed by atoms with E-state index in [4.69, 9.17) is 5.10 Å². The molecule has 0 aromatic carbocycles. The van der Waals surface area contributed by atoms with Crippen LogP contribution in [0, 0.1) is 17.1 Å². The summed E-state index contributed by atoms with van der Waals surface area (Å²) in [7, 11) is 0.